The van der Waals surface area contributed by atoms with Crippen molar-refractivity contribution in [3.63, 3.8) is 0 Å². The van der Waals surface area contributed by atoms with Gasteiger partial charge in [0.15, 0.2) is 0 Å². The zero-order chi connectivity index (χ0) is 18.3. The van der Waals surface area contributed by atoms with Crippen molar-refractivity contribution in [2.45, 2.75) is 37.0 Å². The summed E-state index contributed by atoms with van der Waals surface area (Å²) in [6, 6.07) is 8.79. The number of hydrogen-bond acceptors (Lipinski definition) is 5. The Morgan fingerprint density at radius 3 is 2.80 bits per heavy atom. The zero-order valence-electron chi connectivity index (χ0n) is 14.2. The van der Waals surface area contributed by atoms with Crippen LogP contribution in [0, 0.1) is 11.3 Å². The van der Waals surface area contributed by atoms with Gasteiger partial charge in [-0.2, -0.15) is 5.26 Å². The number of unbranched alkanes of at least 4 members (excludes halogenated alkanes) is 2. The molecule has 1 aromatic rings. The topological polar surface area (TPSA) is 103 Å². The first-order valence-corrected chi connectivity index (χ1v) is 9.71. The molecule has 1 amide bonds. The number of benzene rings is 1. The lowest BCUT2D eigenvalue weighted by molar-refractivity contribution is -0.129. The fourth-order valence-electron chi connectivity index (χ4n) is 2.54. The molecule has 8 heteroatoms. The van der Waals surface area contributed by atoms with Gasteiger partial charge < -0.3 is 4.90 Å². The number of hydrogen-bond donors (Lipinski definition) is 1. The van der Waals surface area contributed by atoms with Crippen LogP contribution in [0.2, 0.25) is 0 Å². The lowest BCUT2D eigenvalue weighted by Gasteiger charge is -2.14. The van der Waals surface area contributed by atoms with E-state index in [1.54, 1.807) is 36.2 Å². The molecule has 25 heavy (non-hydrogen) atoms. The second-order valence-corrected chi connectivity index (χ2v) is 7.52. The molecule has 0 aliphatic carbocycles. The maximum atomic E-state index is 12.0. The molecule has 0 saturated carbocycles. The van der Waals surface area contributed by atoms with Gasteiger partial charge in [-0.25, -0.2) is 8.42 Å². The molecule has 7 nitrogen and oxygen atoms in total. The van der Waals surface area contributed by atoms with Crippen molar-refractivity contribution in [3.8, 4) is 6.07 Å². The Morgan fingerprint density at radius 2 is 2.04 bits per heavy atom. The third-order valence-corrected chi connectivity index (χ3v) is 5.36. The largest absolute Gasteiger partial charge is 0.345 e. The molecule has 0 radical (unpaired) electrons. The van der Waals surface area contributed by atoms with Crippen LogP contribution in [0.5, 0.6) is 0 Å². The van der Waals surface area contributed by atoms with Gasteiger partial charge >= 0.3 is 0 Å². The van der Waals surface area contributed by atoms with Crippen molar-refractivity contribution in [2.24, 2.45) is 4.99 Å². The number of sulfonamides is 1. The van der Waals surface area contributed by atoms with Crippen molar-refractivity contribution in [3.05, 3.63) is 29.8 Å². The molecule has 0 unspecified atom stereocenters. The van der Waals surface area contributed by atoms with Crippen molar-refractivity contribution < 1.29 is 13.2 Å². The molecular weight excluding hydrogens is 340 g/mol. The van der Waals surface area contributed by atoms with Crippen LogP contribution in [0.15, 0.2) is 34.2 Å². The van der Waals surface area contributed by atoms with E-state index in [4.69, 9.17) is 5.26 Å². The van der Waals surface area contributed by atoms with Crippen LogP contribution in [0.1, 0.15) is 37.7 Å². The van der Waals surface area contributed by atoms with E-state index in [1.807, 2.05) is 6.07 Å². The SMILES string of the molecule is CN(CCC#N)C(=O)CCCCCN=C1NS(=O)(=O)c2ccccc21. The Hall–Kier alpha value is -2.40. The molecular formula is C17H22N4O3S. The van der Waals surface area contributed by atoms with Crippen molar-refractivity contribution in [1.82, 2.24) is 9.62 Å². The summed E-state index contributed by atoms with van der Waals surface area (Å²) < 4.78 is 26.4. The number of nitrogens with zero attached hydrogens (tertiary/aromatic N) is 3. The number of nitrogens with one attached hydrogen (secondary N) is 1. The Balaban J connectivity index is 1.74. The molecule has 1 aliphatic heterocycles. The normalized spacial score (nSPS) is 16.1. The van der Waals surface area contributed by atoms with E-state index >= 15 is 0 Å². The van der Waals surface area contributed by atoms with Gasteiger partial charge in [0, 0.05) is 32.1 Å². The minimum absolute atomic E-state index is 0.0408. The minimum atomic E-state index is -3.48. The molecule has 134 valence electrons. The maximum Gasteiger partial charge on any atom is 0.263 e. The number of rotatable bonds is 8. The van der Waals surface area contributed by atoms with Gasteiger partial charge in [0.05, 0.1) is 17.4 Å². The van der Waals surface area contributed by atoms with Crippen molar-refractivity contribution in [1.29, 1.82) is 5.26 Å². The maximum absolute atomic E-state index is 12.0. The second kappa shape index (κ2) is 8.62. The third-order valence-electron chi connectivity index (χ3n) is 3.97. The Labute approximate surface area is 148 Å². The van der Waals surface area contributed by atoms with Gasteiger partial charge in [-0.05, 0) is 25.0 Å². The number of aliphatic imine (C=N–C) groups is 1. The smallest absolute Gasteiger partial charge is 0.263 e. The van der Waals surface area contributed by atoms with Gasteiger partial charge in [0.1, 0.15) is 5.84 Å². The molecule has 0 aromatic heterocycles. The highest BCUT2D eigenvalue weighted by Gasteiger charge is 2.29. The van der Waals surface area contributed by atoms with Crippen LogP contribution in [0.3, 0.4) is 0 Å². The summed E-state index contributed by atoms with van der Waals surface area (Å²) in [6.45, 7) is 0.965. The number of nitriles is 1. The van der Waals surface area contributed by atoms with Gasteiger partial charge in [-0.15, -0.1) is 0 Å². The molecule has 0 spiro atoms. The molecule has 0 bridgehead atoms. The number of fused-ring (bicyclic) bond motifs is 1. The highest BCUT2D eigenvalue weighted by Crippen LogP contribution is 2.22. The standard InChI is InChI=1S/C17H22N4O3S/c1-21(13-7-11-18)16(22)10-3-2-6-12-19-17-14-8-4-5-9-15(14)25(23,24)20-17/h4-5,8-9H,2-3,6-7,10,12-13H2,1H3,(H,19,20). The van der Waals surface area contributed by atoms with E-state index in [9.17, 15) is 13.2 Å². The summed E-state index contributed by atoms with van der Waals surface area (Å²) in [6.07, 6.45) is 3.17. The van der Waals surface area contributed by atoms with E-state index in [0.717, 1.165) is 19.3 Å². The van der Waals surface area contributed by atoms with Gasteiger partial charge in [0.2, 0.25) is 5.91 Å². The highest BCUT2D eigenvalue weighted by molar-refractivity contribution is 7.90. The predicted molar refractivity (Wildman–Crippen MR) is 94.5 cm³/mol. The van der Waals surface area contributed by atoms with Gasteiger partial charge in [0.25, 0.3) is 10.0 Å². The van der Waals surface area contributed by atoms with Gasteiger partial charge in [-0.3, -0.25) is 14.5 Å². The van der Waals surface area contributed by atoms with Crippen LogP contribution >= 0.6 is 0 Å². The molecule has 1 aromatic carbocycles. The third kappa shape index (κ3) is 5.03. The number of carbonyl (C=O) groups is 1. The summed E-state index contributed by atoms with van der Waals surface area (Å²) in [7, 11) is -1.78. The van der Waals surface area contributed by atoms with Crippen LogP contribution in [-0.2, 0) is 14.8 Å². The Kier molecular flexibility index (Phi) is 6.53. The van der Waals surface area contributed by atoms with E-state index in [1.165, 1.54) is 0 Å². The highest BCUT2D eigenvalue weighted by atomic mass is 32.2. The molecule has 1 N–H and O–H groups in total. The van der Waals surface area contributed by atoms with Crippen LogP contribution in [0.25, 0.3) is 0 Å². The van der Waals surface area contributed by atoms with Crippen LogP contribution in [0.4, 0.5) is 0 Å². The molecule has 1 heterocycles. The second-order valence-electron chi connectivity index (χ2n) is 5.87. The molecule has 0 fully saturated rings. The molecule has 2 rings (SSSR count). The average Bonchev–Trinajstić information content (AvgIpc) is 2.86. The first kappa shape index (κ1) is 18.9. The first-order valence-electron chi connectivity index (χ1n) is 8.23. The fourth-order valence-corrected chi connectivity index (χ4v) is 3.79. The molecule has 0 atom stereocenters. The van der Waals surface area contributed by atoms with E-state index < -0.39 is 10.0 Å². The first-order chi connectivity index (χ1) is 12.0. The Morgan fingerprint density at radius 1 is 1.28 bits per heavy atom. The quantitative estimate of drug-likeness (QED) is 0.710. The summed E-state index contributed by atoms with van der Waals surface area (Å²) in [4.78, 5) is 18.0. The number of carbonyl (C=O) groups excluding carboxylic acids is 1. The van der Waals surface area contributed by atoms with E-state index in [-0.39, 0.29) is 10.8 Å². The lowest BCUT2D eigenvalue weighted by atomic mass is 10.1. The fraction of sp³-hybridized carbons (Fsp3) is 0.471. The summed E-state index contributed by atoms with van der Waals surface area (Å²) in [5.74, 6) is 0.432. The average molecular weight is 362 g/mol. The van der Waals surface area contributed by atoms with Crippen molar-refractivity contribution >= 4 is 21.8 Å². The number of amidine groups is 1. The van der Waals surface area contributed by atoms with Crippen molar-refractivity contribution in [2.75, 3.05) is 20.1 Å². The summed E-state index contributed by atoms with van der Waals surface area (Å²) >= 11 is 0. The molecule has 1 aliphatic rings. The van der Waals surface area contributed by atoms with E-state index in [0.29, 0.717) is 37.3 Å². The number of amides is 1. The Bertz CT molecular complexity index is 796. The van der Waals surface area contributed by atoms with E-state index in [2.05, 4.69) is 9.71 Å². The van der Waals surface area contributed by atoms with Gasteiger partial charge in [-0.1, -0.05) is 18.6 Å². The monoisotopic (exact) mass is 362 g/mol. The predicted octanol–water partition coefficient (Wildman–Crippen LogP) is 1.66. The van der Waals surface area contributed by atoms with Crippen LogP contribution < -0.4 is 4.72 Å². The molecule has 0 saturated heterocycles. The lowest BCUT2D eigenvalue weighted by Crippen LogP contribution is -2.27. The summed E-state index contributed by atoms with van der Waals surface area (Å²) in [5.41, 5.74) is 0.608. The zero-order valence-corrected chi connectivity index (χ0v) is 15.1. The van der Waals surface area contributed by atoms with Crippen LogP contribution in [-0.4, -0.2) is 45.2 Å². The minimum Gasteiger partial charge on any atom is -0.345 e. The summed E-state index contributed by atoms with van der Waals surface area (Å²) in [5, 5.41) is 8.51.